The van der Waals surface area contributed by atoms with Crippen LogP contribution in [0.4, 0.5) is 0 Å². The molecule has 0 amide bonds. The highest BCUT2D eigenvalue weighted by Crippen LogP contribution is 2.28. The zero-order valence-corrected chi connectivity index (χ0v) is 7.56. The third kappa shape index (κ3) is 1.73. The Hall–Kier alpha value is -0.870. The van der Waals surface area contributed by atoms with E-state index < -0.39 is 6.10 Å². The van der Waals surface area contributed by atoms with Crippen molar-refractivity contribution in [2.75, 3.05) is 6.61 Å². The van der Waals surface area contributed by atoms with Gasteiger partial charge < -0.3 is 14.3 Å². The molecule has 2 heterocycles. The standard InChI is InChI=1S/C9H13NO3/c1-6(11)7-5-13-9(10-7)8-3-2-4-12-8/h5-6,8,11H,2-4H2,1H3. The van der Waals surface area contributed by atoms with E-state index in [2.05, 4.69) is 4.98 Å². The molecule has 0 radical (unpaired) electrons. The van der Waals surface area contributed by atoms with Crippen LogP contribution in [0.15, 0.2) is 10.7 Å². The summed E-state index contributed by atoms with van der Waals surface area (Å²) in [5, 5.41) is 9.22. The maximum absolute atomic E-state index is 9.22. The van der Waals surface area contributed by atoms with Crippen molar-refractivity contribution < 1.29 is 14.3 Å². The van der Waals surface area contributed by atoms with E-state index in [0.29, 0.717) is 11.6 Å². The lowest BCUT2D eigenvalue weighted by molar-refractivity contribution is 0.0891. The molecule has 0 aromatic carbocycles. The zero-order chi connectivity index (χ0) is 9.26. The van der Waals surface area contributed by atoms with Gasteiger partial charge in [-0.1, -0.05) is 0 Å². The molecule has 1 aromatic heterocycles. The Morgan fingerprint density at radius 3 is 3.08 bits per heavy atom. The van der Waals surface area contributed by atoms with Crippen molar-refractivity contribution in [2.24, 2.45) is 0 Å². The molecule has 0 spiro atoms. The van der Waals surface area contributed by atoms with Gasteiger partial charge >= 0.3 is 0 Å². The molecule has 1 saturated heterocycles. The Morgan fingerprint density at radius 1 is 1.69 bits per heavy atom. The van der Waals surface area contributed by atoms with Crippen molar-refractivity contribution in [3.63, 3.8) is 0 Å². The normalized spacial score (nSPS) is 24.9. The van der Waals surface area contributed by atoms with Crippen LogP contribution in [0.3, 0.4) is 0 Å². The monoisotopic (exact) mass is 183 g/mol. The predicted octanol–water partition coefficient (Wildman–Crippen LogP) is 1.58. The predicted molar refractivity (Wildman–Crippen MR) is 45.1 cm³/mol. The molecule has 1 aromatic rings. The fourth-order valence-electron chi connectivity index (χ4n) is 1.41. The van der Waals surface area contributed by atoms with Gasteiger partial charge in [0.2, 0.25) is 5.89 Å². The van der Waals surface area contributed by atoms with Crippen LogP contribution in [0.1, 0.15) is 43.6 Å². The van der Waals surface area contributed by atoms with E-state index in [0.717, 1.165) is 19.4 Å². The average molecular weight is 183 g/mol. The van der Waals surface area contributed by atoms with Gasteiger partial charge in [0.05, 0.1) is 6.10 Å². The quantitative estimate of drug-likeness (QED) is 0.756. The van der Waals surface area contributed by atoms with Gasteiger partial charge in [0, 0.05) is 6.61 Å². The van der Waals surface area contributed by atoms with Gasteiger partial charge in [0.1, 0.15) is 18.1 Å². The van der Waals surface area contributed by atoms with E-state index in [1.165, 1.54) is 6.26 Å². The molecule has 1 fully saturated rings. The third-order valence-electron chi connectivity index (χ3n) is 2.17. The van der Waals surface area contributed by atoms with Crippen LogP contribution in [0.25, 0.3) is 0 Å². The summed E-state index contributed by atoms with van der Waals surface area (Å²) in [7, 11) is 0. The number of hydrogen-bond donors (Lipinski definition) is 1. The van der Waals surface area contributed by atoms with Crippen LogP contribution >= 0.6 is 0 Å². The Balaban J connectivity index is 2.12. The number of oxazole rings is 1. The second-order valence-corrected chi connectivity index (χ2v) is 3.29. The van der Waals surface area contributed by atoms with E-state index in [-0.39, 0.29) is 6.10 Å². The van der Waals surface area contributed by atoms with Crippen molar-refractivity contribution in [3.8, 4) is 0 Å². The number of hydrogen-bond acceptors (Lipinski definition) is 4. The molecule has 2 rings (SSSR count). The summed E-state index contributed by atoms with van der Waals surface area (Å²) in [5.74, 6) is 0.591. The number of aliphatic hydroxyl groups is 1. The first-order chi connectivity index (χ1) is 6.27. The Bertz CT molecular complexity index is 276. The molecule has 1 N–H and O–H groups in total. The Labute approximate surface area is 76.5 Å². The first-order valence-electron chi connectivity index (χ1n) is 4.52. The van der Waals surface area contributed by atoms with E-state index in [1.807, 2.05) is 0 Å². The van der Waals surface area contributed by atoms with E-state index in [9.17, 15) is 5.11 Å². The molecule has 0 saturated carbocycles. The maximum atomic E-state index is 9.22. The molecule has 1 aliphatic rings. The second kappa shape index (κ2) is 3.47. The topological polar surface area (TPSA) is 55.5 Å². The van der Waals surface area contributed by atoms with Gasteiger partial charge in [-0.15, -0.1) is 0 Å². The summed E-state index contributed by atoms with van der Waals surface area (Å²) in [6, 6.07) is 0. The highest BCUT2D eigenvalue weighted by molar-refractivity contribution is 5.01. The highest BCUT2D eigenvalue weighted by atomic mass is 16.5. The van der Waals surface area contributed by atoms with Gasteiger partial charge in [-0.2, -0.15) is 0 Å². The zero-order valence-electron chi connectivity index (χ0n) is 7.56. The van der Waals surface area contributed by atoms with Crippen molar-refractivity contribution in [2.45, 2.75) is 32.0 Å². The average Bonchev–Trinajstić information content (AvgIpc) is 2.75. The molecule has 4 heteroatoms. The van der Waals surface area contributed by atoms with Crippen LogP contribution in [0.5, 0.6) is 0 Å². The first kappa shape index (κ1) is 8.72. The maximum Gasteiger partial charge on any atom is 0.223 e. The molecule has 1 aliphatic heterocycles. The van der Waals surface area contributed by atoms with Gasteiger partial charge in [-0.05, 0) is 19.8 Å². The van der Waals surface area contributed by atoms with Crippen LogP contribution in [-0.2, 0) is 4.74 Å². The SMILES string of the molecule is CC(O)c1coc(C2CCCO2)n1. The minimum atomic E-state index is -0.570. The van der Waals surface area contributed by atoms with Crippen molar-refractivity contribution in [1.29, 1.82) is 0 Å². The largest absolute Gasteiger partial charge is 0.446 e. The van der Waals surface area contributed by atoms with Crippen LogP contribution < -0.4 is 0 Å². The molecule has 2 atom stereocenters. The van der Waals surface area contributed by atoms with E-state index >= 15 is 0 Å². The fraction of sp³-hybridized carbons (Fsp3) is 0.667. The number of ether oxygens (including phenoxy) is 1. The number of aliphatic hydroxyl groups excluding tert-OH is 1. The van der Waals surface area contributed by atoms with Crippen molar-refractivity contribution in [1.82, 2.24) is 4.98 Å². The van der Waals surface area contributed by atoms with Gasteiger partial charge in [0.25, 0.3) is 0 Å². The van der Waals surface area contributed by atoms with Crippen LogP contribution in [-0.4, -0.2) is 16.7 Å². The fourth-order valence-corrected chi connectivity index (χ4v) is 1.41. The lowest BCUT2D eigenvalue weighted by Crippen LogP contribution is -1.97. The molecular weight excluding hydrogens is 170 g/mol. The smallest absolute Gasteiger partial charge is 0.223 e. The van der Waals surface area contributed by atoms with Gasteiger partial charge in [-0.25, -0.2) is 4.98 Å². The summed E-state index contributed by atoms with van der Waals surface area (Å²) in [6.07, 6.45) is 2.92. The Morgan fingerprint density at radius 2 is 2.54 bits per heavy atom. The molecule has 4 nitrogen and oxygen atoms in total. The Kier molecular flexibility index (Phi) is 2.33. The van der Waals surface area contributed by atoms with Gasteiger partial charge in [-0.3, -0.25) is 0 Å². The lowest BCUT2D eigenvalue weighted by atomic mass is 10.2. The van der Waals surface area contributed by atoms with Gasteiger partial charge in [0.15, 0.2) is 0 Å². The molecule has 0 bridgehead atoms. The lowest BCUT2D eigenvalue weighted by Gasteiger charge is -2.02. The second-order valence-electron chi connectivity index (χ2n) is 3.29. The summed E-state index contributed by atoms with van der Waals surface area (Å²) >= 11 is 0. The highest BCUT2D eigenvalue weighted by Gasteiger charge is 2.23. The summed E-state index contributed by atoms with van der Waals surface area (Å²) in [6.45, 7) is 2.44. The molecular formula is C9H13NO3. The number of nitrogens with zero attached hydrogens (tertiary/aromatic N) is 1. The number of rotatable bonds is 2. The first-order valence-corrected chi connectivity index (χ1v) is 4.52. The number of aromatic nitrogens is 1. The van der Waals surface area contributed by atoms with E-state index in [4.69, 9.17) is 9.15 Å². The summed E-state index contributed by atoms with van der Waals surface area (Å²) < 4.78 is 10.6. The third-order valence-corrected chi connectivity index (χ3v) is 2.17. The van der Waals surface area contributed by atoms with Crippen molar-refractivity contribution in [3.05, 3.63) is 17.8 Å². The molecule has 0 aliphatic carbocycles. The minimum Gasteiger partial charge on any atom is -0.446 e. The van der Waals surface area contributed by atoms with Crippen molar-refractivity contribution >= 4 is 0 Å². The molecule has 13 heavy (non-hydrogen) atoms. The summed E-state index contributed by atoms with van der Waals surface area (Å²) in [5.41, 5.74) is 0.575. The summed E-state index contributed by atoms with van der Waals surface area (Å²) in [4.78, 5) is 4.15. The van der Waals surface area contributed by atoms with Crippen LogP contribution in [0, 0.1) is 0 Å². The van der Waals surface area contributed by atoms with Crippen LogP contribution in [0.2, 0.25) is 0 Å². The minimum absolute atomic E-state index is 0.00694. The van der Waals surface area contributed by atoms with E-state index in [1.54, 1.807) is 6.92 Å². The molecule has 2 unspecified atom stereocenters. The molecule has 72 valence electrons.